The number of hydrogen-bond donors (Lipinski definition) is 0. The number of anilines is 1. The van der Waals surface area contributed by atoms with Crippen molar-refractivity contribution in [2.24, 2.45) is 0 Å². The Kier molecular flexibility index (Phi) is 4.82. The van der Waals surface area contributed by atoms with Crippen LogP contribution in [0.25, 0.3) is 16.7 Å². The number of thioether (sulfide) groups is 1. The second-order valence-electron chi connectivity index (χ2n) is 7.12. The summed E-state index contributed by atoms with van der Waals surface area (Å²) in [4.78, 5) is 19.8. The zero-order chi connectivity index (χ0) is 19.6. The number of benzene rings is 3. The predicted molar refractivity (Wildman–Crippen MR) is 119 cm³/mol. The van der Waals surface area contributed by atoms with E-state index in [0.29, 0.717) is 5.75 Å². The molecule has 1 amide bonds. The van der Waals surface area contributed by atoms with Crippen LogP contribution >= 0.6 is 11.8 Å². The molecule has 0 bridgehead atoms. The van der Waals surface area contributed by atoms with E-state index in [9.17, 15) is 4.79 Å². The number of fused-ring (bicyclic) bond motifs is 2. The van der Waals surface area contributed by atoms with E-state index in [2.05, 4.69) is 34.9 Å². The van der Waals surface area contributed by atoms with Crippen LogP contribution in [0.3, 0.4) is 0 Å². The van der Waals surface area contributed by atoms with Crippen molar-refractivity contribution >= 4 is 34.4 Å². The van der Waals surface area contributed by atoms with Gasteiger partial charge in [0.05, 0.1) is 16.8 Å². The maximum atomic E-state index is 13.1. The van der Waals surface area contributed by atoms with Crippen LogP contribution in [0.1, 0.15) is 12.0 Å². The molecule has 4 nitrogen and oxygen atoms in total. The fourth-order valence-corrected chi connectivity index (χ4v) is 4.83. The highest BCUT2D eigenvalue weighted by molar-refractivity contribution is 7.99. The van der Waals surface area contributed by atoms with Gasteiger partial charge in [-0.1, -0.05) is 60.3 Å². The van der Waals surface area contributed by atoms with E-state index in [1.807, 2.05) is 53.4 Å². The molecule has 5 heteroatoms. The first-order chi connectivity index (χ1) is 14.3. The molecule has 0 unspecified atom stereocenters. The fourth-order valence-electron chi connectivity index (χ4n) is 3.92. The number of aryl methyl sites for hydroxylation is 1. The second-order valence-corrected chi connectivity index (χ2v) is 8.06. The lowest BCUT2D eigenvalue weighted by molar-refractivity contribution is -0.116. The van der Waals surface area contributed by atoms with Crippen molar-refractivity contribution in [2.45, 2.75) is 18.0 Å². The Balaban J connectivity index is 1.44. The van der Waals surface area contributed by atoms with E-state index in [0.717, 1.165) is 47.0 Å². The molecule has 0 saturated carbocycles. The topological polar surface area (TPSA) is 38.1 Å². The summed E-state index contributed by atoms with van der Waals surface area (Å²) in [6.45, 7) is 0.783. The van der Waals surface area contributed by atoms with Crippen molar-refractivity contribution in [3.8, 4) is 5.69 Å². The third kappa shape index (κ3) is 3.42. The van der Waals surface area contributed by atoms with Gasteiger partial charge >= 0.3 is 0 Å². The van der Waals surface area contributed by atoms with E-state index in [-0.39, 0.29) is 5.91 Å². The Bertz CT molecular complexity index is 1170. The Morgan fingerprint density at radius 3 is 2.59 bits per heavy atom. The first kappa shape index (κ1) is 18.0. The van der Waals surface area contributed by atoms with E-state index in [1.54, 1.807) is 0 Å². The molecule has 1 aromatic heterocycles. The van der Waals surface area contributed by atoms with Crippen LogP contribution in [-0.4, -0.2) is 27.8 Å². The van der Waals surface area contributed by atoms with Crippen LogP contribution in [0.2, 0.25) is 0 Å². The maximum Gasteiger partial charge on any atom is 0.237 e. The van der Waals surface area contributed by atoms with Crippen molar-refractivity contribution < 1.29 is 4.79 Å². The highest BCUT2D eigenvalue weighted by Gasteiger charge is 2.23. The molecule has 29 heavy (non-hydrogen) atoms. The van der Waals surface area contributed by atoms with Gasteiger partial charge in [-0.15, -0.1) is 0 Å². The molecule has 2 heterocycles. The molecule has 4 aromatic rings. The molecule has 3 aromatic carbocycles. The zero-order valence-electron chi connectivity index (χ0n) is 16.0. The van der Waals surface area contributed by atoms with E-state index in [1.165, 1.54) is 17.3 Å². The molecule has 0 saturated heterocycles. The van der Waals surface area contributed by atoms with Gasteiger partial charge in [0, 0.05) is 17.9 Å². The summed E-state index contributed by atoms with van der Waals surface area (Å²) in [5, 5.41) is 0.844. The number of para-hydroxylation sites is 4. The van der Waals surface area contributed by atoms with Gasteiger partial charge in [-0.05, 0) is 48.7 Å². The lowest BCUT2D eigenvalue weighted by Crippen LogP contribution is -2.36. The number of imidazole rings is 1. The number of carbonyl (C=O) groups excluding carboxylic acids is 1. The van der Waals surface area contributed by atoms with E-state index in [4.69, 9.17) is 4.98 Å². The summed E-state index contributed by atoms with van der Waals surface area (Å²) in [5.74, 6) is 0.499. The number of aromatic nitrogens is 2. The SMILES string of the molecule is O=C(CSc1nc2ccccc2n1-c1ccccc1)N1CCCc2ccccc21. The Morgan fingerprint density at radius 2 is 1.69 bits per heavy atom. The van der Waals surface area contributed by atoms with Crippen LogP contribution < -0.4 is 4.90 Å². The summed E-state index contributed by atoms with van der Waals surface area (Å²) in [6.07, 6.45) is 2.05. The number of rotatable bonds is 4. The smallest absolute Gasteiger partial charge is 0.237 e. The average molecular weight is 400 g/mol. The third-order valence-electron chi connectivity index (χ3n) is 5.28. The van der Waals surface area contributed by atoms with Gasteiger partial charge in [0.1, 0.15) is 0 Å². The molecule has 1 aliphatic heterocycles. The number of hydrogen-bond acceptors (Lipinski definition) is 3. The summed E-state index contributed by atoms with van der Waals surface area (Å²) in [7, 11) is 0. The van der Waals surface area contributed by atoms with Crippen LogP contribution in [0.15, 0.2) is 84.0 Å². The van der Waals surface area contributed by atoms with Gasteiger partial charge in [0.2, 0.25) is 5.91 Å². The summed E-state index contributed by atoms with van der Waals surface area (Å²) < 4.78 is 2.14. The second kappa shape index (κ2) is 7.76. The molecule has 144 valence electrons. The van der Waals surface area contributed by atoms with Gasteiger partial charge < -0.3 is 4.90 Å². The standard InChI is InChI=1S/C24H21N3OS/c28-23(26-16-8-10-18-9-4-6-14-21(18)26)17-29-24-25-20-13-5-7-15-22(20)27(24)19-11-2-1-3-12-19/h1-7,9,11-15H,8,10,16-17H2. The Labute approximate surface area is 174 Å². The van der Waals surface area contributed by atoms with Crippen molar-refractivity contribution in [3.63, 3.8) is 0 Å². The largest absolute Gasteiger partial charge is 0.311 e. The molecule has 0 spiro atoms. The molecule has 5 rings (SSSR count). The molecule has 0 radical (unpaired) electrons. The lowest BCUT2D eigenvalue weighted by atomic mass is 10.0. The monoisotopic (exact) mass is 399 g/mol. The normalized spacial score (nSPS) is 13.4. The minimum absolute atomic E-state index is 0.133. The Morgan fingerprint density at radius 1 is 0.931 bits per heavy atom. The zero-order valence-corrected chi connectivity index (χ0v) is 16.8. The predicted octanol–water partition coefficient (Wildman–Crippen LogP) is 5.10. The number of nitrogens with zero attached hydrogens (tertiary/aromatic N) is 3. The summed E-state index contributed by atoms with van der Waals surface area (Å²) >= 11 is 1.50. The molecular weight excluding hydrogens is 378 g/mol. The minimum atomic E-state index is 0.133. The first-order valence-corrected chi connectivity index (χ1v) is 10.8. The first-order valence-electron chi connectivity index (χ1n) is 9.85. The van der Waals surface area contributed by atoms with Gasteiger partial charge in [-0.2, -0.15) is 0 Å². The summed E-state index contributed by atoms with van der Waals surface area (Å²) in [6, 6.07) is 26.5. The van der Waals surface area contributed by atoms with Crippen LogP contribution in [0.4, 0.5) is 5.69 Å². The molecule has 0 aliphatic carbocycles. The highest BCUT2D eigenvalue weighted by atomic mass is 32.2. The van der Waals surface area contributed by atoms with Crippen molar-refractivity contribution in [3.05, 3.63) is 84.4 Å². The molecule has 1 aliphatic rings. The number of carbonyl (C=O) groups is 1. The van der Waals surface area contributed by atoms with Crippen molar-refractivity contribution in [2.75, 3.05) is 17.2 Å². The molecular formula is C24H21N3OS. The molecule has 0 N–H and O–H groups in total. The molecule has 0 fully saturated rings. The third-order valence-corrected chi connectivity index (χ3v) is 6.20. The van der Waals surface area contributed by atoms with Gasteiger partial charge in [-0.25, -0.2) is 4.98 Å². The van der Waals surface area contributed by atoms with Crippen molar-refractivity contribution in [1.82, 2.24) is 9.55 Å². The van der Waals surface area contributed by atoms with E-state index >= 15 is 0 Å². The van der Waals surface area contributed by atoms with Gasteiger partial charge in [0.25, 0.3) is 0 Å². The molecule has 0 atom stereocenters. The highest BCUT2D eigenvalue weighted by Crippen LogP contribution is 2.30. The van der Waals surface area contributed by atoms with Gasteiger partial charge in [-0.3, -0.25) is 9.36 Å². The summed E-state index contributed by atoms with van der Waals surface area (Å²) in [5.41, 5.74) is 5.36. The average Bonchev–Trinajstić information content (AvgIpc) is 3.16. The quantitative estimate of drug-likeness (QED) is 0.448. The maximum absolute atomic E-state index is 13.1. The van der Waals surface area contributed by atoms with Crippen LogP contribution in [-0.2, 0) is 11.2 Å². The van der Waals surface area contributed by atoms with Crippen LogP contribution in [0, 0.1) is 0 Å². The fraction of sp³-hybridized carbons (Fsp3) is 0.167. The minimum Gasteiger partial charge on any atom is -0.311 e. The van der Waals surface area contributed by atoms with Gasteiger partial charge in [0.15, 0.2) is 5.16 Å². The van der Waals surface area contributed by atoms with Crippen molar-refractivity contribution in [1.29, 1.82) is 0 Å². The number of amides is 1. The lowest BCUT2D eigenvalue weighted by Gasteiger charge is -2.29. The van der Waals surface area contributed by atoms with Crippen LogP contribution in [0.5, 0.6) is 0 Å². The Hall–Kier alpha value is -3.05. The van der Waals surface area contributed by atoms with E-state index < -0.39 is 0 Å².